The monoisotopic (exact) mass is 343 g/mol. The van der Waals surface area contributed by atoms with Crippen LogP contribution in [0.2, 0.25) is 15.1 Å². The molecule has 0 saturated heterocycles. The van der Waals surface area contributed by atoms with E-state index in [9.17, 15) is 0 Å². The number of nitrogens with one attached hydrogen (secondary N) is 1. The zero-order chi connectivity index (χ0) is 15.0. The van der Waals surface area contributed by atoms with E-state index in [-0.39, 0.29) is 6.79 Å². The molecule has 110 valence electrons. The maximum Gasteiger partial charge on any atom is 0.231 e. The molecule has 1 aliphatic rings. The quantitative estimate of drug-likeness (QED) is 0.820. The number of fused-ring (bicyclic) bond motifs is 1. The molecule has 21 heavy (non-hydrogen) atoms. The molecule has 0 saturated carbocycles. The molecule has 0 aliphatic carbocycles. The molecule has 2 aromatic carbocycles. The van der Waals surface area contributed by atoms with Gasteiger partial charge < -0.3 is 14.8 Å². The Morgan fingerprint density at radius 3 is 2.62 bits per heavy atom. The van der Waals surface area contributed by atoms with E-state index < -0.39 is 0 Å². The van der Waals surface area contributed by atoms with Gasteiger partial charge in [-0.2, -0.15) is 0 Å². The molecule has 0 bridgehead atoms. The van der Waals surface area contributed by atoms with Crippen LogP contribution in [-0.4, -0.2) is 6.79 Å². The van der Waals surface area contributed by atoms with Gasteiger partial charge in [-0.05, 0) is 42.3 Å². The third-order valence-corrected chi connectivity index (χ3v) is 4.22. The number of rotatable bonds is 3. The number of anilines is 1. The van der Waals surface area contributed by atoms with Gasteiger partial charge in [0.05, 0.1) is 15.7 Å². The molecule has 3 nitrogen and oxygen atoms in total. The minimum Gasteiger partial charge on any atom is -0.454 e. The Balaban J connectivity index is 1.79. The highest BCUT2D eigenvalue weighted by atomic mass is 35.5. The summed E-state index contributed by atoms with van der Waals surface area (Å²) in [5.41, 5.74) is 2.69. The van der Waals surface area contributed by atoms with Crippen LogP contribution >= 0.6 is 34.8 Å². The largest absolute Gasteiger partial charge is 0.454 e. The lowest BCUT2D eigenvalue weighted by molar-refractivity contribution is 0.174. The first-order chi connectivity index (χ1) is 10.0. The Kier molecular flexibility index (Phi) is 4.07. The van der Waals surface area contributed by atoms with Crippen LogP contribution in [0, 0.1) is 6.92 Å². The number of benzene rings is 2. The van der Waals surface area contributed by atoms with Crippen molar-refractivity contribution in [1.29, 1.82) is 0 Å². The molecule has 1 N–H and O–H groups in total. The zero-order valence-electron chi connectivity index (χ0n) is 11.2. The highest BCUT2D eigenvalue weighted by molar-refractivity contribution is 6.35. The van der Waals surface area contributed by atoms with E-state index in [0.29, 0.717) is 33.1 Å². The van der Waals surface area contributed by atoms with Gasteiger partial charge in [0, 0.05) is 11.6 Å². The van der Waals surface area contributed by atoms with Gasteiger partial charge in [0.1, 0.15) is 0 Å². The van der Waals surface area contributed by atoms with Crippen LogP contribution in [0.4, 0.5) is 5.69 Å². The predicted molar refractivity (Wildman–Crippen MR) is 86.1 cm³/mol. The van der Waals surface area contributed by atoms with Crippen LogP contribution in [0.15, 0.2) is 24.3 Å². The number of hydrogen-bond acceptors (Lipinski definition) is 3. The lowest BCUT2D eigenvalue weighted by Gasteiger charge is -2.11. The van der Waals surface area contributed by atoms with Crippen molar-refractivity contribution in [3.63, 3.8) is 0 Å². The van der Waals surface area contributed by atoms with Crippen molar-refractivity contribution < 1.29 is 9.47 Å². The molecule has 0 unspecified atom stereocenters. The van der Waals surface area contributed by atoms with Crippen LogP contribution in [0.25, 0.3) is 0 Å². The van der Waals surface area contributed by atoms with Gasteiger partial charge in [-0.3, -0.25) is 0 Å². The van der Waals surface area contributed by atoms with Crippen molar-refractivity contribution in [3.05, 3.63) is 50.5 Å². The van der Waals surface area contributed by atoms with Crippen LogP contribution in [-0.2, 0) is 6.54 Å². The first-order valence-corrected chi connectivity index (χ1v) is 7.45. The van der Waals surface area contributed by atoms with Crippen LogP contribution in [0.1, 0.15) is 11.1 Å². The van der Waals surface area contributed by atoms with Crippen molar-refractivity contribution >= 4 is 40.5 Å². The van der Waals surface area contributed by atoms with E-state index >= 15 is 0 Å². The molecule has 0 amide bonds. The first kappa shape index (κ1) is 14.6. The van der Waals surface area contributed by atoms with E-state index in [2.05, 4.69) is 5.32 Å². The minimum absolute atomic E-state index is 0.200. The lowest BCUT2D eigenvalue weighted by atomic mass is 10.2. The average molecular weight is 345 g/mol. The summed E-state index contributed by atoms with van der Waals surface area (Å²) in [5.74, 6) is 1.25. The summed E-state index contributed by atoms with van der Waals surface area (Å²) < 4.78 is 10.6. The number of halogens is 3. The lowest BCUT2D eigenvalue weighted by Crippen LogP contribution is -2.00. The van der Waals surface area contributed by atoms with Gasteiger partial charge in [-0.1, -0.05) is 34.8 Å². The summed E-state index contributed by atoms with van der Waals surface area (Å²) in [6.45, 7) is 2.66. The average Bonchev–Trinajstić information content (AvgIpc) is 2.90. The summed E-state index contributed by atoms with van der Waals surface area (Å²) in [4.78, 5) is 0. The number of hydrogen-bond donors (Lipinski definition) is 1. The smallest absolute Gasteiger partial charge is 0.231 e. The molecular weight excluding hydrogens is 333 g/mol. The topological polar surface area (TPSA) is 30.5 Å². The second kappa shape index (κ2) is 5.84. The second-order valence-corrected chi connectivity index (χ2v) is 5.97. The van der Waals surface area contributed by atoms with Gasteiger partial charge in [0.15, 0.2) is 11.5 Å². The second-order valence-electron chi connectivity index (χ2n) is 4.75. The minimum atomic E-state index is 0.200. The number of aryl methyl sites for hydroxylation is 1. The van der Waals surface area contributed by atoms with E-state index in [1.807, 2.05) is 31.2 Å². The van der Waals surface area contributed by atoms with E-state index in [1.54, 1.807) is 0 Å². The van der Waals surface area contributed by atoms with Gasteiger partial charge in [0.25, 0.3) is 0 Å². The molecule has 1 aliphatic heterocycles. The Morgan fingerprint density at radius 2 is 1.81 bits per heavy atom. The molecule has 0 aromatic heterocycles. The molecule has 6 heteroatoms. The SMILES string of the molecule is Cc1cc(Cl)c(NCc2cc(Cl)c3c(c2)OCO3)cc1Cl. The summed E-state index contributed by atoms with van der Waals surface area (Å²) in [7, 11) is 0. The third kappa shape index (κ3) is 3.00. The Hall–Kier alpha value is -1.29. The van der Waals surface area contributed by atoms with Gasteiger partial charge >= 0.3 is 0 Å². The summed E-state index contributed by atoms with van der Waals surface area (Å²) in [5, 5.41) is 5.08. The Bertz CT molecular complexity index is 704. The van der Waals surface area contributed by atoms with Crippen molar-refractivity contribution in [2.75, 3.05) is 12.1 Å². The zero-order valence-corrected chi connectivity index (χ0v) is 13.4. The Labute approximate surface area is 137 Å². The summed E-state index contributed by atoms with van der Waals surface area (Å²) in [6.07, 6.45) is 0. The number of ether oxygens (including phenoxy) is 2. The fourth-order valence-corrected chi connectivity index (χ4v) is 2.84. The van der Waals surface area contributed by atoms with Crippen molar-refractivity contribution in [3.8, 4) is 11.5 Å². The van der Waals surface area contributed by atoms with Gasteiger partial charge in [-0.15, -0.1) is 0 Å². The molecule has 0 spiro atoms. The molecule has 0 fully saturated rings. The van der Waals surface area contributed by atoms with Gasteiger partial charge in [-0.25, -0.2) is 0 Å². The predicted octanol–water partition coefficient (Wildman–Crippen LogP) is 5.30. The standard InChI is InChI=1S/C15H12Cl3NO2/c1-8-2-11(17)13(5-10(8)16)19-6-9-3-12(18)15-14(4-9)20-7-21-15/h2-5,19H,6-7H2,1H3. The molecular formula is C15H12Cl3NO2. The van der Waals surface area contributed by atoms with Crippen LogP contribution in [0.3, 0.4) is 0 Å². The molecule has 0 radical (unpaired) electrons. The molecule has 1 heterocycles. The summed E-state index contributed by atoms with van der Waals surface area (Å²) in [6, 6.07) is 7.38. The third-order valence-electron chi connectivity index (χ3n) is 3.22. The normalized spacial score (nSPS) is 12.6. The maximum atomic E-state index is 6.20. The Morgan fingerprint density at radius 1 is 1.00 bits per heavy atom. The van der Waals surface area contributed by atoms with Gasteiger partial charge in [0.2, 0.25) is 6.79 Å². The first-order valence-electron chi connectivity index (χ1n) is 6.32. The van der Waals surface area contributed by atoms with E-state index in [0.717, 1.165) is 16.8 Å². The van der Waals surface area contributed by atoms with E-state index in [1.165, 1.54) is 0 Å². The highest BCUT2D eigenvalue weighted by Crippen LogP contribution is 2.40. The highest BCUT2D eigenvalue weighted by Gasteiger charge is 2.18. The molecule has 0 atom stereocenters. The van der Waals surface area contributed by atoms with Crippen molar-refractivity contribution in [2.24, 2.45) is 0 Å². The maximum absolute atomic E-state index is 6.20. The van der Waals surface area contributed by atoms with Crippen molar-refractivity contribution in [1.82, 2.24) is 0 Å². The fourth-order valence-electron chi connectivity index (χ4n) is 2.10. The van der Waals surface area contributed by atoms with Crippen LogP contribution < -0.4 is 14.8 Å². The molecule has 2 aromatic rings. The van der Waals surface area contributed by atoms with E-state index in [4.69, 9.17) is 44.3 Å². The molecule has 3 rings (SSSR count). The summed E-state index contributed by atoms with van der Waals surface area (Å²) >= 11 is 18.5. The fraction of sp³-hybridized carbons (Fsp3) is 0.200. The van der Waals surface area contributed by atoms with Crippen LogP contribution in [0.5, 0.6) is 11.5 Å². The van der Waals surface area contributed by atoms with Crippen molar-refractivity contribution in [2.45, 2.75) is 13.5 Å².